The second-order valence-electron chi connectivity index (χ2n) is 4.33. The molecule has 0 radical (unpaired) electrons. The monoisotopic (exact) mass is 361 g/mol. The minimum atomic E-state index is -4.89. The molecule has 2 aromatic carbocycles. The predicted molar refractivity (Wildman–Crippen MR) is 75.9 cm³/mol. The molecule has 0 aliphatic rings. The Morgan fingerprint density at radius 1 is 0.917 bits per heavy atom. The average molecular weight is 361 g/mol. The Balaban J connectivity index is 2.05. The second kappa shape index (κ2) is 6.79. The fourth-order valence-corrected chi connectivity index (χ4v) is 2.48. The lowest BCUT2D eigenvalue weighted by Crippen LogP contribution is -2.33. The van der Waals surface area contributed by atoms with Crippen LogP contribution < -0.4 is 14.2 Å². The van der Waals surface area contributed by atoms with Gasteiger partial charge in [0.25, 0.3) is 10.0 Å². The van der Waals surface area contributed by atoms with Gasteiger partial charge in [0.15, 0.2) is 0 Å². The van der Waals surface area contributed by atoms with Gasteiger partial charge in [-0.1, -0.05) is 18.2 Å². The lowest BCUT2D eigenvalue weighted by atomic mass is 10.3. The maximum atomic E-state index is 12.0. The Kier molecular flexibility index (Phi) is 4.98. The zero-order valence-corrected chi connectivity index (χ0v) is 12.6. The molecular weight excluding hydrogens is 351 g/mol. The van der Waals surface area contributed by atoms with Crippen LogP contribution in [0.25, 0.3) is 0 Å². The highest BCUT2D eigenvalue weighted by Crippen LogP contribution is 2.23. The van der Waals surface area contributed by atoms with E-state index in [0.29, 0.717) is 0 Å². The first-order chi connectivity index (χ1) is 11.2. The highest BCUT2D eigenvalue weighted by molar-refractivity contribution is 7.90. The SMILES string of the molecule is O=C(NS(=O)(=O)c1ccc(OC(F)(F)F)cc1)Oc1ccccc1. The van der Waals surface area contributed by atoms with Crippen LogP contribution in [0, 0.1) is 0 Å². The lowest BCUT2D eigenvalue weighted by Gasteiger charge is -2.10. The molecule has 0 aliphatic carbocycles. The summed E-state index contributed by atoms with van der Waals surface area (Å²) in [5.74, 6) is -0.465. The third kappa shape index (κ3) is 5.16. The Labute approximate surface area is 134 Å². The van der Waals surface area contributed by atoms with Crippen LogP contribution in [-0.4, -0.2) is 20.9 Å². The van der Waals surface area contributed by atoms with E-state index in [4.69, 9.17) is 4.74 Å². The average Bonchev–Trinajstić information content (AvgIpc) is 2.46. The maximum absolute atomic E-state index is 12.0. The van der Waals surface area contributed by atoms with E-state index >= 15 is 0 Å². The summed E-state index contributed by atoms with van der Waals surface area (Å²) in [6.45, 7) is 0. The number of ether oxygens (including phenoxy) is 2. The molecule has 0 spiro atoms. The van der Waals surface area contributed by atoms with E-state index in [1.165, 1.54) is 12.1 Å². The number of alkyl halides is 3. The summed E-state index contributed by atoms with van der Waals surface area (Å²) in [6, 6.07) is 11.1. The molecule has 6 nitrogen and oxygen atoms in total. The normalized spacial score (nSPS) is 11.6. The quantitative estimate of drug-likeness (QED) is 0.905. The summed E-state index contributed by atoms with van der Waals surface area (Å²) in [5.41, 5.74) is 0. The minimum Gasteiger partial charge on any atom is -0.410 e. The van der Waals surface area contributed by atoms with Crippen LogP contribution in [0.5, 0.6) is 11.5 Å². The number of nitrogens with one attached hydrogen (secondary N) is 1. The van der Waals surface area contributed by atoms with Gasteiger partial charge in [0.05, 0.1) is 4.90 Å². The van der Waals surface area contributed by atoms with Crippen molar-refractivity contribution < 1.29 is 35.9 Å². The Hall–Kier alpha value is -2.75. The molecular formula is C14H10F3NO5S. The summed E-state index contributed by atoms with van der Waals surface area (Å²) in [7, 11) is -4.30. The maximum Gasteiger partial charge on any atom is 0.573 e. The summed E-state index contributed by atoms with van der Waals surface area (Å²) in [4.78, 5) is 11.1. The fraction of sp³-hybridized carbons (Fsp3) is 0.0714. The van der Waals surface area contributed by atoms with Gasteiger partial charge in [-0.05, 0) is 36.4 Å². The van der Waals surface area contributed by atoms with Crippen molar-refractivity contribution in [3.8, 4) is 11.5 Å². The van der Waals surface area contributed by atoms with Crippen LogP contribution in [0.15, 0.2) is 59.5 Å². The molecule has 0 heterocycles. The standard InChI is InChI=1S/C14H10F3NO5S/c15-14(16,17)23-11-6-8-12(9-7-11)24(20,21)18-13(19)22-10-4-2-1-3-5-10/h1-9H,(H,18,19). The van der Waals surface area contributed by atoms with E-state index in [9.17, 15) is 26.4 Å². The molecule has 10 heteroatoms. The number of amides is 1. The number of para-hydroxylation sites is 1. The van der Waals surface area contributed by atoms with E-state index < -0.39 is 33.1 Å². The topological polar surface area (TPSA) is 81.7 Å². The third-order valence-electron chi connectivity index (χ3n) is 2.54. The number of rotatable bonds is 4. The number of sulfonamides is 1. The van der Waals surface area contributed by atoms with E-state index in [1.807, 2.05) is 0 Å². The fourth-order valence-electron chi connectivity index (χ4n) is 1.61. The van der Waals surface area contributed by atoms with E-state index in [0.717, 1.165) is 24.3 Å². The Morgan fingerprint density at radius 3 is 2.04 bits per heavy atom. The first kappa shape index (κ1) is 17.6. The highest BCUT2D eigenvalue weighted by atomic mass is 32.2. The predicted octanol–water partition coefficient (Wildman–Crippen LogP) is 3.06. The number of hydrogen-bond acceptors (Lipinski definition) is 5. The second-order valence-corrected chi connectivity index (χ2v) is 6.01. The summed E-state index contributed by atoms with van der Waals surface area (Å²) < 4.78 is 70.0. The van der Waals surface area contributed by atoms with Gasteiger partial charge in [-0.25, -0.2) is 17.9 Å². The molecule has 24 heavy (non-hydrogen) atoms. The molecule has 0 saturated carbocycles. The van der Waals surface area contributed by atoms with Gasteiger partial charge in [-0.3, -0.25) is 0 Å². The zero-order valence-electron chi connectivity index (χ0n) is 11.8. The summed E-state index contributed by atoms with van der Waals surface area (Å²) >= 11 is 0. The molecule has 0 aromatic heterocycles. The van der Waals surface area contributed by atoms with Crippen molar-refractivity contribution in [3.05, 3.63) is 54.6 Å². The number of benzene rings is 2. The molecule has 0 aliphatic heterocycles. The van der Waals surface area contributed by atoms with Crippen molar-refractivity contribution in [2.24, 2.45) is 0 Å². The van der Waals surface area contributed by atoms with Crippen LogP contribution in [-0.2, 0) is 10.0 Å². The molecule has 0 saturated heterocycles. The van der Waals surface area contributed by atoms with Crippen molar-refractivity contribution in [1.82, 2.24) is 4.72 Å². The first-order valence-corrected chi connectivity index (χ1v) is 7.79. The van der Waals surface area contributed by atoms with Crippen molar-refractivity contribution in [2.45, 2.75) is 11.3 Å². The Bertz CT molecular complexity index is 805. The highest BCUT2D eigenvalue weighted by Gasteiger charge is 2.31. The molecule has 1 amide bonds. The van der Waals surface area contributed by atoms with Crippen LogP contribution in [0.4, 0.5) is 18.0 Å². The van der Waals surface area contributed by atoms with Crippen molar-refractivity contribution in [3.63, 3.8) is 0 Å². The van der Waals surface area contributed by atoms with Gasteiger partial charge in [0.1, 0.15) is 11.5 Å². The summed E-state index contributed by atoms with van der Waals surface area (Å²) in [6.07, 6.45) is -6.14. The number of hydrogen-bond donors (Lipinski definition) is 1. The summed E-state index contributed by atoms with van der Waals surface area (Å²) in [5, 5.41) is 0. The molecule has 128 valence electrons. The number of carbonyl (C=O) groups is 1. The molecule has 0 atom stereocenters. The zero-order chi connectivity index (χ0) is 17.8. The van der Waals surface area contributed by atoms with Crippen LogP contribution in [0.2, 0.25) is 0 Å². The number of halogens is 3. The minimum absolute atomic E-state index is 0.124. The smallest absolute Gasteiger partial charge is 0.410 e. The van der Waals surface area contributed by atoms with Crippen LogP contribution in [0.3, 0.4) is 0 Å². The van der Waals surface area contributed by atoms with Gasteiger partial charge in [0, 0.05) is 0 Å². The molecule has 2 aromatic rings. The van der Waals surface area contributed by atoms with Gasteiger partial charge in [-0.2, -0.15) is 0 Å². The molecule has 1 N–H and O–H groups in total. The Morgan fingerprint density at radius 2 is 1.50 bits per heavy atom. The van der Waals surface area contributed by atoms with Gasteiger partial charge in [-0.15, -0.1) is 13.2 Å². The number of carbonyl (C=O) groups excluding carboxylic acids is 1. The lowest BCUT2D eigenvalue weighted by molar-refractivity contribution is -0.274. The van der Waals surface area contributed by atoms with Crippen LogP contribution in [0.1, 0.15) is 0 Å². The third-order valence-corrected chi connectivity index (χ3v) is 3.87. The van der Waals surface area contributed by atoms with Crippen LogP contribution >= 0.6 is 0 Å². The molecule has 0 unspecified atom stereocenters. The largest absolute Gasteiger partial charge is 0.573 e. The van der Waals surface area contributed by atoms with Crippen molar-refractivity contribution in [1.29, 1.82) is 0 Å². The molecule has 0 fully saturated rings. The van der Waals surface area contributed by atoms with Crippen molar-refractivity contribution >= 4 is 16.1 Å². The van der Waals surface area contributed by atoms with Gasteiger partial charge in [0.2, 0.25) is 0 Å². The molecule has 0 bridgehead atoms. The van der Waals surface area contributed by atoms with E-state index in [1.54, 1.807) is 22.9 Å². The van der Waals surface area contributed by atoms with Gasteiger partial charge >= 0.3 is 12.5 Å². The van der Waals surface area contributed by atoms with E-state index in [-0.39, 0.29) is 5.75 Å². The molecule has 2 rings (SSSR count). The van der Waals surface area contributed by atoms with Gasteiger partial charge < -0.3 is 9.47 Å². The first-order valence-electron chi connectivity index (χ1n) is 6.31. The van der Waals surface area contributed by atoms with Crippen molar-refractivity contribution in [2.75, 3.05) is 0 Å². The van der Waals surface area contributed by atoms with E-state index in [2.05, 4.69) is 4.74 Å².